The highest BCUT2D eigenvalue weighted by molar-refractivity contribution is 5.92. The van der Waals surface area contributed by atoms with E-state index in [-0.39, 0.29) is 5.91 Å². The van der Waals surface area contributed by atoms with Gasteiger partial charge in [0.25, 0.3) is 0 Å². The quantitative estimate of drug-likeness (QED) is 0.587. The molecule has 0 aromatic heterocycles. The first-order valence-electron chi connectivity index (χ1n) is 5.51. The average Bonchev–Trinajstić information content (AvgIpc) is 2.22. The third-order valence-corrected chi connectivity index (χ3v) is 2.70. The van der Waals surface area contributed by atoms with Gasteiger partial charge in [-0.15, -0.1) is 0 Å². The molecular formula is C13H16N2O2. The summed E-state index contributed by atoms with van der Waals surface area (Å²) in [5, 5.41) is 9.52. The molecule has 4 nitrogen and oxygen atoms in total. The molecule has 1 aromatic rings. The number of benzene rings is 1. The van der Waals surface area contributed by atoms with Crippen molar-refractivity contribution in [1.29, 1.82) is 0 Å². The van der Waals surface area contributed by atoms with E-state index < -0.39 is 5.60 Å². The van der Waals surface area contributed by atoms with Gasteiger partial charge >= 0.3 is 0 Å². The lowest BCUT2D eigenvalue weighted by Crippen LogP contribution is -2.61. The summed E-state index contributed by atoms with van der Waals surface area (Å²) in [4.78, 5) is 13.3. The summed E-state index contributed by atoms with van der Waals surface area (Å²) in [5.41, 5.74) is 6.48. The number of β-amino-alcohol motifs (C(OH)–C–C–N with tert-alkyl or cyclic N) is 1. The van der Waals surface area contributed by atoms with Crippen LogP contribution in [0.15, 0.2) is 30.3 Å². The van der Waals surface area contributed by atoms with Crippen molar-refractivity contribution in [1.82, 2.24) is 4.90 Å². The van der Waals surface area contributed by atoms with Crippen molar-refractivity contribution in [2.75, 3.05) is 18.8 Å². The Morgan fingerprint density at radius 2 is 2.24 bits per heavy atom. The standard InChI is InChI=1S/C13H16N2O2/c1-13(17)8-15(9-13)12(16)6-5-10-3-2-4-11(14)7-10/h2-7,17H,8-9,14H2,1H3/b6-5+. The van der Waals surface area contributed by atoms with E-state index in [0.29, 0.717) is 18.8 Å². The molecule has 90 valence electrons. The van der Waals surface area contributed by atoms with Gasteiger partial charge in [-0.3, -0.25) is 4.79 Å². The van der Waals surface area contributed by atoms with Gasteiger partial charge in [-0.2, -0.15) is 0 Å². The topological polar surface area (TPSA) is 66.6 Å². The van der Waals surface area contributed by atoms with Gasteiger partial charge in [-0.1, -0.05) is 12.1 Å². The maximum atomic E-state index is 11.7. The maximum Gasteiger partial charge on any atom is 0.246 e. The molecule has 0 saturated carbocycles. The lowest BCUT2D eigenvalue weighted by Gasteiger charge is -2.43. The number of amides is 1. The summed E-state index contributed by atoms with van der Waals surface area (Å²) >= 11 is 0. The summed E-state index contributed by atoms with van der Waals surface area (Å²) in [5.74, 6) is -0.0843. The first-order valence-corrected chi connectivity index (χ1v) is 5.51. The van der Waals surface area contributed by atoms with E-state index in [4.69, 9.17) is 5.73 Å². The van der Waals surface area contributed by atoms with E-state index in [2.05, 4.69) is 0 Å². The van der Waals surface area contributed by atoms with E-state index in [1.165, 1.54) is 6.08 Å². The number of hydrogen-bond acceptors (Lipinski definition) is 3. The third-order valence-electron chi connectivity index (χ3n) is 2.70. The Kier molecular flexibility index (Phi) is 2.90. The zero-order chi connectivity index (χ0) is 12.5. The van der Waals surface area contributed by atoms with Crippen molar-refractivity contribution in [3.8, 4) is 0 Å². The van der Waals surface area contributed by atoms with Crippen LogP contribution in [-0.4, -0.2) is 34.6 Å². The molecule has 1 aliphatic rings. The van der Waals surface area contributed by atoms with E-state index in [1.807, 2.05) is 12.1 Å². The van der Waals surface area contributed by atoms with Crippen LogP contribution in [0.3, 0.4) is 0 Å². The number of likely N-dealkylation sites (tertiary alicyclic amines) is 1. The van der Waals surface area contributed by atoms with E-state index >= 15 is 0 Å². The minimum atomic E-state index is -0.722. The molecule has 1 fully saturated rings. The van der Waals surface area contributed by atoms with Crippen LogP contribution in [0, 0.1) is 0 Å². The Morgan fingerprint density at radius 1 is 1.53 bits per heavy atom. The Morgan fingerprint density at radius 3 is 2.82 bits per heavy atom. The number of anilines is 1. The highest BCUT2D eigenvalue weighted by Crippen LogP contribution is 2.20. The van der Waals surface area contributed by atoms with Crippen molar-refractivity contribution in [3.05, 3.63) is 35.9 Å². The van der Waals surface area contributed by atoms with Crippen LogP contribution in [0.1, 0.15) is 12.5 Å². The second-order valence-corrected chi connectivity index (χ2v) is 4.69. The van der Waals surface area contributed by atoms with E-state index in [1.54, 1.807) is 30.0 Å². The molecular weight excluding hydrogens is 216 g/mol. The fraction of sp³-hybridized carbons (Fsp3) is 0.308. The summed E-state index contributed by atoms with van der Waals surface area (Å²) < 4.78 is 0. The van der Waals surface area contributed by atoms with E-state index in [9.17, 15) is 9.90 Å². The van der Waals surface area contributed by atoms with Crippen molar-refractivity contribution in [3.63, 3.8) is 0 Å². The second kappa shape index (κ2) is 4.22. The van der Waals surface area contributed by atoms with Crippen LogP contribution in [0.5, 0.6) is 0 Å². The van der Waals surface area contributed by atoms with E-state index in [0.717, 1.165) is 5.56 Å². The molecule has 0 radical (unpaired) electrons. The number of rotatable bonds is 2. The highest BCUT2D eigenvalue weighted by Gasteiger charge is 2.38. The van der Waals surface area contributed by atoms with Gasteiger partial charge in [0.1, 0.15) is 0 Å². The zero-order valence-corrected chi connectivity index (χ0v) is 9.76. The summed E-state index contributed by atoms with van der Waals surface area (Å²) in [6.45, 7) is 2.51. The monoisotopic (exact) mass is 232 g/mol. The predicted molar refractivity (Wildman–Crippen MR) is 67.1 cm³/mol. The average molecular weight is 232 g/mol. The van der Waals surface area contributed by atoms with Gasteiger partial charge in [0.2, 0.25) is 5.91 Å². The van der Waals surface area contributed by atoms with Crippen molar-refractivity contribution in [2.45, 2.75) is 12.5 Å². The summed E-state index contributed by atoms with van der Waals surface area (Å²) in [6, 6.07) is 7.32. The minimum Gasteiger partial charge on any atom is -0.399 e. The molecule has 17 heavy (non-hydrogen) atoms. The first kappa shape index (κ1) is 11.7. The van der Waals surface area contributed by atoms with Crippen LogP contribution in [0.2, 0.25) is 0 Å². The fourth-order valence-corrected chi connectivity index (χ4v) is 1.87. The van der Waals surface area contributed by atoms with Gasteiger partial charge < -0.3 is 15.7 Å². The Labute approximate surface area is 100 Å². The van der Waals surface area contributed by atoms with Crippen LogP contribution >= 0.6 is 0 Å². The molecule has 1 aliphatic heterocycles. The number of aliphatic hydroxyl groups is 1. The Balaban J connectivity index is 1.95. The molecule has 4 heteroatoms. The Hall–Kier alpha value is -1.81. The maximum absolute atomic E-state index is 11.7. The van der Waals surface area contributed by atoms with Gasteiger partial charge in [0, 0.05) is 11.8 Å². The lowest BCUT2D eigenvalue weighted by atomic mass is 9.97. The molecule has 0 bridgehead atoms. The van der Waals surface area contributed by atoms with Crippen molar-refractivity contribution >= 4 is 17.7 Å². The second-order valence-electron chi connectivity index (χ2n) is 4.69. The van der Waals surface area contributed by atoms with Gasteiger partial charge in [-0.05, 0) is 30.7 Å². The van der Waals surface area contributed by atoms with Crippen LogP contribution < -0.4 is 5.73 Å². The number of hydrogen-bond donors (Lipinski definition) is 2. The minimum absolute atomic E-state index is 0.0843. The molecule has 0 aliphatic carbocycles. The fourth-order valence-electron chi connectivity index (χ4n) is 1.87. The molecule has 1 aromatic carbocycles. The van der Waals surface area contributed by atoms with Gasteiger partial charge in [0.15, 0.2) is 0 Å². The van der Waals surface area contributed by atoms with Crippen LogP contribution in [0.25, 0.3) is 6.08 Å². The van der Waals surface area contributed by atoms with Crippen LogP contribution in [0.4, 0.5) is 5.69 Å². The molecule has 1 heterocycles. The zero-order valence-electron chi connectivity index (χ0n) is 9.76. The lowest BCUT2D eigenvalue weighted by molar-refractivity contribution is -0.146. The molecule has 0 spiro atoms. The highest BCUT2D eigenvalue weighted by atomic mass is 16.3. The smallest absolute Gasteiger partial charge is 0.246 e. The van der Waals surface area contributed by atoms with Crippen LogP contribution in [-0.2, 0) is 4.79 Å². The number of carbonyl (C=O) groups excluding carboxylic acids is 1. The number of nitrogen functional groups attached to an aromatic ring is 1. The first-order chi connectivity index (χ1) is 7.96. The van der Waals surface area contributed by atoms with Gasteiger partial charge in [0.05, 0.1) is 18.7 Å². The number of carbonyl (C=O) groups is 1. The van der Waals surface area contributed by atoms with Crippen molar-refractivity contribution in [2.24, 2.45) is 0 Å². The number of nitrogens with zero attached hydrogens (tertiary/aromatic N) is 1. The largest absolute Gasteiger partial charge is 0.399 e. The van der Waals surface area contributed by atoms with Crippen molar-refractivity contribution < 1.29 is 9.90 Å². The molecule has 2 rings (SSSR count). The predicted octanol–water partition coefficient (Wildman–Crippen LogP) is 0.875. The Bertz CT molecular complexity index is 458. The van der Waals surface area contributed by atoms with Gasteiger partial charge in [-0.25, -0.2) is 0 Å². The summed E-state index contributed by atoms with van der Waals surface area (Å²) in [7, 11) is 0. The summed E-state index contributed by atoms with van der Waals surface area (Å²) in [6.07, 6.45) is 3.23. The third kappa shape index (κ3) is 2.85. The number of nitrogens with two attached hydrogens (primary N) is 1. The molecule has 3 N–H and O–H groups in total. The SMILES string of the molecule is CC1(O)CN(C(=O)/C=C/c2cccc(N)c2)C1. The molecule has 1 saturated heterocycles. The molecule has 0 unspecified atom stereocenters. The molecule has 1 amide bonds. The normalized spacial score (nSPS) is 18.1. The molecule has 0 atom stereocenters.